The molecule has 0 amide bonds. The second kappa shape index (κ2) is 6.72. The highest BCUT2D eigenvalue weighted by Crippen LogP contribution is 2.34. The van der Waals surface area contributed by atoms with E-state index in [4.69, 9.17) is 11.6 Å². The average Bonchev–Trinajstić information content (AvgIpc) is 2.80. The summed E-state index contributed by atoms with van der Waals surface area (Å²) >= 11 is 6.13. The summed E-state index contributed by atoms with van der Waals surface area (Å²) < 4.78 is 28.9. The van der Waals surface area contributed by atoms with E-state index in [9.17, 15) is 8.42 Å². The van der Waals surface area contributed by atoms with Crippen molar-refractivity contribution < 1.29 is 8.42 Å². The quantitative estimate of drug-likeness (QED) is 0.702. The number of rotatable bonds is 3. The number of benzene rings is 3. The zero-order chi connectivity index (χ0) is 18.1. The Labute approximate surface area is 158 Å². The normalized spacial score (nSPS) is 13.7. The monoisotopic (exact) mass is 381 g/mol. The van der Waals surface area contributed by atoms with Gasteiger partial charge in [0.1, 0.15) is 4.90 Å². The minimum atomic E-state index is -3.80. The fourth-order valence-electron chi connectivity index (χ4n) is 3.21. The van der Waals surface area contributed by atoms with E-state index in [-0.39, 0.29) is 9.92 Å². The molecule has 0 unspecified atom stereocenters. The molecule has 0 saturated heterocycles. The largest absolute Gasteiger partial charge is 0.242 e. The van der Waals surface area contributed by atoms with Crippen LogP contribution in [0.5, 0.6) is 0 Å². The highest BCUT2D eigenvalue weighted by Gasteiger charge is 2.27. The van der Waals surface area contributed by atoms with E-state index in [2.05, 4.69) is 4.72 Å². The molecule has 3 nitrogen and oxygen atoms in total. The first-order valence-corrected chi connectivity index (χ1v) is 10.1. The Morgan fingerprint density at radius 2 is 1.23 bits per heavy atom. The number of sulfonamides is 1. The Bertz CT molecular complexity index is 1060. The van der Waals surface area contributed by atoms with Gasteiger partial charge in [-0.3, -0.25) is 0 Å². The molecule has 0 spiro atoms. The van der Waals surface area contributed by atoms with Crippen molar-refractivity contribution in [1.82, 2.24) is 4.72 Å². The lowest BCUT2D eigenvalue weighted by Crippen LogP contribution is -2.30. The summed E-state index contributed by atoms with van der Waals surface area (Å²) in [6, 6.07) is 21.5. The zero-order valence-electron chi connectivity index (χ0n) is 13.8. The van der Waals surface area contributed by atoms with Gasteiger partial charge in [-0.15, -0.1) is 0 Å². The third-order valence-corrected chi connectivity index (χ3v) is 6.38. The summed E-state index contributed by atoms with van der Waals surface area (Å²) in [4.78, 5) is 0.0776. The van der Waals surface area contributed by atoms with Crippen LogP contribution in [0.4, 0.5) is 0 Å². The van der Waals surface area contributed by atoms with Gasteiger partial charge >= 0.3 is 0 Å². The molecule has 0 heterocycles. The van der Waals surface area contributed by atoms with Crippen molar-refractivity contribution in [2.75, 3.05) is 0 Å². The van der Waals surface area contributed by atoms with Gasteiger partial charge in [-0.25, -0.2) is 8.42 Å². The molecule has 5 heteroatoms. The Morgan fingerprint density at radius 3 is 1.81 bits per heavy atom. The van der Waals surface area contributed by atoms with E-state index >= 15 is 0 Å². The van der Waals surface area contributed by atoms with Crippen LogP contribution in [0.1, 0.15) is 28.3 Å². The summed E-state index contributed by atoms with van der Waals surface area (Å²) in [7, 11) is -3.80. The fourth-order valence-corrected chi connectivity index (χ4v) is 4.92. The third kappa shape index (κ3) is 3.07. The van der Waals surface area contributed by atoms with E-state index in [1.807, 2.05) is 60.7 Å². The second-order valence-electron chi connectivity index (χ2n) is 6.08. The molecule has 130 valence electrons. The van der Waals surface area contributed by atoms with Gasteiger partial charge in [-0.2, -0.15) is 4.72 Å². The predicted octanol–water partition coefficient (Wildman–Crippen LogP) is 4.89. The van der Waals surface area contributed by atoms with Crippen molar-refractivity contribution in [3.05, 3.63) is 100 Å². The van der Waals surface area contributed by atoms with Crippen LogP contribution >= 0.6 is 11.6 Å². The first-order valence-electron chi connectivity index (χ1n) is 8.19. The van der Waals surface area contributed by atoms with E-state index < -0.39 is 16.1 Å². The van der Waals surface area contributed by atoms with Crippen molar-refractivity contribution in [3.8, 4) is 0 Å². The molecule has 0 saturated carbocycles. The number of hydrogen-bond acceptors (Lipinski definition) is 2. The number of hydrogen-bond donors (Lipinski definition) is 1. The molecule has 1 aliphatic rings. The molecule has 0 radical (unpaired) electrons. The maximum atomic E-state index is 13.0. The first-order chi connectivity index (χ1) is 12.6. The van der Waals surface area contributed by atoms with E-state index in [0.717, 1.165) is 22.3 Å². The highest BCUT2D eigenvalue weighted by atomic mass is 35.5. The fraction of sp³-hybridized carbons (Fsp3) is 0.0476. The van der Waals surface area contributed by atoms with Crippen molar-refractivity contribution in [2.24, 2.45) is 0 Å². The van der Waals surface area contributed by atoms with Crippen LogP contribution in [0.25, 0.3) is 12.2 Å². The van der Waals surface area contributed by atoms with Gasteiger partial charge < -0.3 is 0 Å². The van der Waals surface area contributed by atoms with Gasteiger partial charge in [0.05, 0.1) is 11.1 Å². The minimum Gasteiger partial charge on any atom is -0.207 e. The molecule has 0 bridgehead atoms. The lowest BCUT2D eigenvalue weighted by molar-refractivity contribution is 0.572. The van der Waals surface area contributed by atoms with Gasteiger partial charge in [-0.05, 0) is 34.4 Å². The van der Waals surface area contributed by atoms with E-state index in [1.54, 1.807) is 18.2 Å². The van der Waals surface area contributed by atoms with Crippen LogP contribution in [0, 0.1) is 0 Å². The number of fused-ring (bicyclic) bond motifs is 2. The van der Waals surface area contributed by atoms with Crippen LogP contribution in [0.3, 0.4) is 0 Å². The average molecular weight is 382 g/mol. The van der Waals surface area contributed by atoms with Crippen molar-refractivity contribution in [3.63, 3.8) is 0 Å². The van der Waals surface area contributed by atoms with Gasteiger partial charge in [0.25, 0.3) is 0 Å². The Hall–Kier alpha value is -2.40. The molecular formula is C21H16ClNO2S. The second-order valence-corrected chi connectivity index (χ2v) is 8.17. The predicted molar refractivity (Wildman–Crippen MR) is 105 cm³/mol. The Balaban J connectivity index is 1.86. The molecular weight excluding hydrogens is 366 g/mol. The van der Waals surface area contributed by atoms with Crippen LogP contribution < -0.4 is 4.72 Å². The third-order valence-electron chi connectivity index (χ3n) is 4.46. The molecule has 0 aromatic heterocycles. The van der Waals surface area contributed by atoms with Crippen LogP contribution in [-0.2, 0) is 10.0 Å². The lowest BCUT2D eigenvalue weighted by atomic mass is 9.95. The molecule has 0 fully saturated rings. The van der Waals surface area contributed by atoms with Crippen molar-refractivity contribution in [1.29, 1.82) is 0 Å². The van der Waals surface area contributed by atoms with Crippen LogP contribution in [0.15, 0.2) is 77.7 Å². The number of nitrogens with one attached hydrogen (secondary N) is 1. The molecule has 0 aliphatic heterocycles. The van der Waals surface area contributed by atoms with Gasteiger partial charge in [0, 0.05) is 0 Å². The maximum absolute atomic E-state index is 13.0. The molecule has 3 aromatic carbocycles. The number of halogens is 1. The standard InChI is InChI=1S/C21H16ClNO2S/c22-19-11-5-6-12-20(19)26(24,25)23-21-17-9-3-1-7-15(17)13-14-16-8-2-4-10-18(16)21/h1-14,21,23H. The molecule has 1 N–H and O–H groups in total. The highest BCUT2D eigenvalue weighted by molar-refractivity contribution is 7.89. The molecule has 3 aromatic rings. The minimum absolute atomic E-state index is 0.0776. The van der Waals surface area contributed by atoms with Crippen molar-refractivity contribution >= 4 is 33.8 Å². The molecule has 4 rings (SSSR count). The van der Waals surface area contributed by atoms with E-state index in [0.29, 0.717) is 0 Å². The Kier molecular flexibility index (Phi) is 4.41. The van der Waals surface area contributed by atoms with E-state index in [1.165, 1.54) is 6.07 Å². The zero-order valence-corrected chi connectivity index (χ0v) is 15.3. The smallest absolute Gasteiger partial charge is 0.207 e. The molecule has 1 aliphatic carbocycles. The molecule has 0 atom stereocenters. The maximum Gasteiger partial charge on any atom is 0.242 e. The SMILES string of the molecule is O=S(=O)(NC1c2ccccc2C=Cc2ccccc21)c1ccccc1Cl. The van der Waals surface area contributed by atoms with Crippen molar-refractivity contribution in [2.45, 2.75) is 10.9 Å². The van der Waals surface area contributed by atoms with Gasteiger partial charge in [0.15, 0.2) is 0 Å². The van der Waals surface area contributed by atoms with Crippen LogP contribution in [0.2, 0.25) is 5.02 Å². The Morgan fingerprint density at radius 1 is 0.731 bits per heavy atom. The summed E-state index contributed by atoms with van der Waals surface area (Å²) in [6.07, 6.45) is 4.02. The lowest BCUT2D eigenvalue weighted by Gasteiger charge is -2.22. The summed E-state index contributed by atoms with van der Waals surface area (Å²) in [5.41, 5.74) is 3.78. The molecule has 26 heavy (non-hydrogen) atoms. The van der Waals surface area contributed by atoms with Gasteiger partial charge in [-0.1, -0.05) is 84.4 Å². The first kappa shape index (κ1) is 17.0. The topological polar surface area (TPSA) is 46.2 Å². The summed E-state index contributed by atoms with van der Waals surface area (Å²) in [6.45, 7) is 0. The summed E-state index contributed by atoms with van der Waals surface area (Å²) in [5.74, 6) is 0. The summed E-state index contributed by atoms with van der Waals surface area (Å²) in [5, 5.41) is 0.202. The van der Waals surface area contributed by atoms with Crippen LogP contribution in [-0.4, -0.2) is 8.42 Å². The van der Waals surface area contributed by atoms with Gasteiger partial charge in [0.2, 0.25) is 10.0 Å².